The molecule has 0 unspecified atom stereocenters. The van der Waals surface area contributed by atoms with Crippen LogP contribution >= 0.6 is 0 Å². The Kier molecular flexibility index (Phi) is 4.80. The summed E-state index contributed by atoms with van der Waals surface area (Å²) >= 11 is 0. The topological polar surface area (TPSA) is 12.9 Å². The van der Waals surface area contributed by atoms with Crippen molar-refractivity contribution in [1.82, 2.24) is 4.98 Å². The Labute approximate surface area is 159 Å². The molecule has 0 radical (unpaired) electrons. The Morgan fingerprint density at radius 2 is 1.48 bits per heavy atom. The van der Waals surface area contributed by atoms with Gasteiger partial charge in [0.05, 0.1) is 5.69 Å². The Morgan fingerprint density at radius 1 is 0.741 bits per heavy atom. The lowest BCUT2D eigenvalue weighted by atomic mass is 9.96. The Hall–Kier alpha value is -3.26. The predicted molar refractivity (Wildman–Crippen MR) is 109 cm³/mol. The lowest BCUT2D eigenvalue weighted by Crippen LogP contribution is -1.94. The summed E-state index contributed by atoms with van der Waals surface area (Å²) in [6.07, 6.45) is 2.71. The molecule has 3 aromatic carbocycles. The van der Waals surface area contributed by atoms with Crippen LogP contribution in [0, 0.1) is 12.7 Å². The minimum atomic E-state index is -0.225. The van der Waals surface area contributed by atoms with Crippen molar-refractivity contribution in [2.45, 2.75) is 13.3 Å². The zero-order valence-corrected chi connectivity index (χ0v) is 15.2. The molecule has 1 nitrogen and oxygen atoms in total. The molecular weight excluding hydrogens is 333 g/mol. The van der Waals surface area contributed by atoms with Crippen molar-refractivity contribution in [2.24, 2.45) is 0 Å². The lowest BCUT2D eigenvalue weighted by Gasteiger charge is -2.10. The van der Waals surface area contributed by atoms with Gasteiger partial charge in [0.15, 0.2) is 0 Å². The fourth-order valence-corrected chi connectivity index (χ4v) is 3.25. The third kappa shape index (κ3) is 3.95. The van der Waals surface area contributed by atoms with Crippen molar-refractivity contribution in [1.29, 1.82) is 0 Å². The number of aromatic nitrogens is 1. The molecule has 0 aliphatic carbocycles. The van der Waals surface area contributed by atoms with Crippen molar-refractivity contribution >= 4 is 0 Å². The van der Waals surface area contributed by atoms with Crippen molar-refractivity contribution in [3.63, 3.8) is 0 Å². The van der Waals surface area contributed by atoms with E-state index in [4.69, 9.17) is 0 Å². The van der Waals surface area contributed by atoms with Gasteiger partial charge in [-0.25, -0.2) is 4.39 Å². The molecule has 0 N–H and O–H groups in total. The van der Waals surface area contributed by atoms with Crippen molar-refractivity contribution < 1.29 is 4.39 Å². The largest absolute Gasteiger partial charge is 0.256 e. The summed E-state index contributed by atoms with van der Waals surface area (Å²) in [6.45, 7) is 2.14. The molecule has 1 heterocycles. The van der Waals surface area contributed by atoms with Crippen LogP contribution in [0.4, 0.5) is 4.39 Å². The van der Waals surface area contributed by atoms with Gasteiger partial charge in [0.2, 0.25) is 0 Å². The van der Waals surface area contributed by atoms with Crippen LogP contribution < -0.4 is 0 Å². The molecule has 27 heavy (non-hydrogen) atoms. The van der Waals surface area contributed by atoms with Gasteiger partial charge in [-0.15, -0.1) is 0 Å². The SMILES string of the molecule is Cc1ccc(-c2cc(-c3ccc(F)cc3)ccn2)cc1Cc1ccccc1. The molecule has 0 saturated carbocycles. The number of nitrogens with zero attached hydrogens (tertiary/aromatic N) is 1. The first-order valence-corrected chi connectivity index (χ1v) is 9.05. The van der Waals surface area contributed by atoms with Crippen LogP contribution in [0.3, 0.4) is 0 Å². The van der Waals surface area contributed by atoms with Crippen LogP contribution in [0.1, 0.15) is 16.7 Å². The van der Waals surface area contributed by atoms with Gasteiger partial charge in [0, 0.05) is 11.8 Å². The molecule has 0 saturated heterocycles. The summed E-state index contributed by atoms with van der Waals surface area (Å²) in [5, 5.41) is 0. The highest BCUT2D eigenvalue weighted by Gasteiger charge is 2.07. The summed E-state index contributed by atoms with van der Waals surface area (Å²) in [6, 6.07) is 27.5. The third-order valence-electron chi connectivity index (χ3n) is 4.82. The molecule has 0 spiro atoms. The summed E-state index contributed by atoms with van der Waals surface area (Å²) in [5.41, 5.74) is 7.90. The Bertz CT molecular complexity index is 1050. The summed E-state index contributed by atoms with van der Waals surface area (Å²) in [4.78, 5) is 4.56. The molecule has 132 valence electrons. The number of halogens is 1. The fourth-order valence-electron chi connectivity index (χ4n) is 3.25. The number of hydrogen-bond donors (Lipinski definition) is 0. The normalized spacial score (nSPS) is 10.7. The van der Waals surface area contributed by atoms with E-state index in [0.717, 1.165) is 28.8 Å². The van der Waals surface area contributed by atoms with Gasteiger partial charge in [-0.1, -0.05) is 54.6 Å². The molecule has 4 aromatic rings. The summed E-state index contributed by atoms with van der Waals surface area (Å²) in [5.74, 6) is -0.225. The van der Waals surface area contributed by atoms with Gasteiger partial charge in [0.25, 0.3) is 0 Å². The van der Waals surface area contributed by atoms with Gasteiger partial charge in [0.1, 0.15) is 5.82 Å². The maximum absolute atomic E-state index is 13.2. The first kappa shape index (κ1) is 17.2. The highest BCUT2D eigenvalue weighted by molar-refractivity contribution is 5.70. The Morgan fingerprint density at radius 3 is 2.26 bits per heavy atom. The zero-order chi connectivity index (χ0) is 18.6. The van der Waals surface area contributed by atoms with E-state index in [1.807, 2.05) is 18.3 Å². The number of hydrogen-bond acceptors (Lipinski definition) is 1. The van der Waals surface area contributed by atoms with Crippen LogP contribution in [0.2, 0.25) is 0 Å². The van der Waals surface area contributed by atoms with E-state index in [1.54, 1.807) is 12.1 Å². The van der Waals surface area contributed by atoms with E-state index in [9.17, 15) is 4.39 Å². The second kappa shape index (κ2) is 7.55. The summed E-state index contributed by atoms with van der Waals surface area (Å²) < 4.78 is 13.2. The van der Waals surface area contributed by atoms with Crippen molar-refractivity contribution in [3.05, 3.63) is 114 Å². The number of pyridine rings is 1. The van der Waals surface area contributed by atoms with E-state index in [1.165, 1.54) is 28.8 Å². The van der Waals surface area contributed by atoms with E-state index >= 15 is 0 Å². The van der Waals surface area contributed by atoms with Gasteiger partial charge in [-0.3, -0.25) is 4.98 Å². The van der Waals surface area contributed by atoms with Gasteiger partial charge in [-0.05, 0) is 71.5 Å². The minimum Gasteiger partial charge on any atom is -0.256 e. The second-order valence-corrected chi connectivity index (χ2v) is 6.74. The molecule has 2 heteroatoms. The Balaban J connectivity index is 1.68. The van der Waals surface area contributed by atoms with Crippen LogP contribution in [-0.4, -0.2) is 4.98 Å². The first-order valence-electron chi connectivity index (χ1n) is 9.05. The fraction of sp³-hybridized carbons (Fsp3) is 0.0800. The number of rotatable bonds is 4. The molecule has 4 rings (SSSR count). The molecule has 0 atom stereocenters. The molecular formula is C25H20FN. The van der Waals surface area contributed by atoms with E-state index in [2.05, 4.69) is 60.4 Å². The first-order chi connectivity index (χ1) is 13.2. The second-order valence-electron chi connectivity index (χ2n) is 6.74. The molecule has 0 bridgehead atoms. The predicted octanol–water partition coefficient (Wildman–Crippen LogP) is 6.45. The molecule has 1 aromatic heterocycles. The van der Waals surface area contributed by atoms with Gasteiger partial charge in [-0.2, -0.15) is 0 Å². The molecule has 0 fully saturated rings. The van der Waals surface area contributed by atoms with Crippen LogP contribution in [0.15, 0.2) is 91.1 Å². The van der Waals surface area contributed by atoms with Crippen LogP contribution in [0.25, 0.3) is 22.4 Å². The van der Waals surface area contributed by atoms with Crippen molar-refractivity contribution in [2.75, 3.05) is 0 Å². The monoisotopic (exact) mass is 353 g/mol. The van der Waals surface area contributed by atoms with Gasteiger partial charge >= 0.3 is 0 Å². The standard InChI is InChI=1S/C25H20FN/c1-18-7-8-22(16-23(18)15-19-5-3-2-4-6-19)25-17-21(13-14-27-25)20-9-11-24(26)12-10-20/h2-14,16-17H,15H2,1H3. The van der Waals surface area contributed by atoms with E-state index < -0.39 is 0 Å². The van der Waals surface area contributed by atoms with E-state index in [0.29, 0.717) is 0 Å². The van der Waals surface area contributed by atoms with Crippen LogP contribution in [-0.2, 0) is 6.42 Å². The summed E-state index contributed by atoms with van der Waals surface area (Å²) in [7, 11) is 0. The van der Waals surface area contributed by atoms with Gasteiger partial charge < -0.3 is 0 Å². The smallest absolute Gasteiger partial charge is 0.123 e. The maximum Gasteiger partial charge on any atom is 0.123 e. The lowest BCUT2D eigenvalue weighted by molar-refractivity contribution is 0.628. The van der Waals surface area contributed by atoms with E-state index in [-0.39, 0.29) is 5.82 Å². The number of aryl methyl sites for hydroxylation is 1. The number of benzene rings is 3. The van der Waals surface area contributed by atoms with Crippen LogP contribution in [0.5, 0.6) is 0 Å². The maximum atomic E-state index is 13.2. The molecule has 0 amide bonds. The average molecular weight is 353 g/mol. The third-order valence-corrected chi connectivity index (χ3v) is 4.82. The molecule has 0 aliphatic heterocycles. The quantitative estimate of drug-likeness (QED) is 0.410. The minimum absolute atomic E-state index is 0.225. The highest BCUT2D eigenvalue weighted by atomic mass is 19.1. The zero-order valence-electron chi connectivity index (χ0n) is 15.2. The highest BCUT2D eigenvalue weighted by Crippen LogP contribution is 2.27. The average Bonchev–Trinajstić information content (AvgIpc) is 2.71. The van der Waals surface area contributed by atoms with Crippen molar-refractivity contribution in [3.8, 4) is 22.4 Å². The molecule has 0 aliphatic rings.